The summed E-state index contributed by atoms with van der Waals surface area (Å²) in [7, 11) is 1.51. The molecule has 2 aromatic heterocycles. The minimum atomic E-state index is -2.70. The Morgan fingerprint density at radius 2 is 1.94 bits per heavy atom. The number of para-hydroxylation sites is 1. The molecule has 0 saturated carbocycles. The number of nitrogens with zero attached hydrogens (tertiary/aromatic N) is 3. The summed E-state index contributed by atoms with van der Waals surface area (Å²) < 4.78 is 30.2. The van der Waals surface area contributed by atoms with Crippen LogP contribution in [0.15, 0.2) is 39.0 Å². The largest absolute Gasteiger partial charge is 0.383 e. The first kappa shape index (κ1) is 24.5. The maximum absolute atomic E-state index is 12.9. The summed E-state index contributed by atoms with van der Waals surface area (Å²) in [5.41, 5.74) is 0.210. The van der Waals surface area contributed by atoms with Crippen molar-refractivity contribution in [2.45, 2.75) is 37.2 Å². The topological polar surface area (TPSA) is 121 Å². The molecule has 0 unspecified atom stereocenters. The number of methoxy groups -OCH3 is 1. The average molecular weight is 480 g/mol. The molecular formula is C21H23F2N5O4S. The van der Waals surface area contributed by atoms with Gasteiger partial charge < -0.3 is 19.6 Å². The number of rotatable bonds is 10. The minimum Gasteiger partial charge on any atom is -0.383 e. The highest BCUT2D eigenvalue weighted by Crippen LogP contribution is 2.21. The van der Waals surface area contributed by atoms with Crippen molar-refractivity contribution < 1.29 is 18.3 Å². The van der Waals surface area contributed by atoms with Gasteiger partial charge in [0.25, 0.3) is 16.9 Å². The van der Waals surface area contributed by atoms with Gasteiger partial charge in [0.1, 0.15) is 5.82 Å². The molecule has 2 heterocycles. The maximum atomic E-state index is 12.9. The van der Waals surface area contributed by atoms with E-state index >= 15 is 0 Å². The number of amides is 1. The van der Waals surface area contributed by atoms with Crippen LogP contribution in [0.1, 0.15) is 23.5 Å². The molecule has 0 bridgehead atoms. The highest BCUT2D eigenvalue weighted by Gasteiger charge is 2.18. The zero-order chi connectivity index (χ0) is 24.0. The highest BCUT2D eigenvalue weighted by molar-refractivity contribution is 7.99. The van der Waals surface area contributed by atoms with E-state index in [4.69, 9.17) is 4.74 Å². The third-order valence-electron chi connectivity index (χ3n) is 4.91. The van der Waals surface area contributed by atoms with Gasteiger partial charge in [0.05, 0.1) is 24.1 Å². The van der Waals surface area contributed by atoms with Gasteiger partial charge >= 0.3 is 0 Å². The number of aromatic nitrogens is 4. The summed E-state index contributed by atoms with van der Waals surface area (Å²) >= 11 is 0.152. The molecule has 3 rings (SSSR count). The molecule has 0 saturated heterocycles. The van der Waals surface area contributed by atoms with Crippen molar-refractivity contribution >= 4 is 28.6 Å². The molecule has 3 aromatic rings. The van der Waals surface area contributed by atoms with Gasteiger partial charge in [-0.1, -0.05) is 12.1 Å². The summed E-state index contributed by atoms with van der Waals surface area (Å²) in [6, 6.07) is 6.89. The van der Waals surface area contributed by atoms with Crippen molar-refractivity contribution in [1.82, 2.24) is 24.8 Å². The van der Waals surface area contributed by atoms with Crippen LogP contribution in [0.4, 0.5) is 8.78 Å². The lowest BCUT2D eigenvalue weighted by Crippen LogP contribution is -2.35. The number of hydrogen-bond acceptors (Lipinski definition) is 7. The molecule has 1 aromatic carbocycles. The first-order valence-electron chi connectivity index (χ1n) is 10.1. The number of aromatic amines is 2. The van der Waals surface area contributed by atoms with Crippen molar-refractivity contribution in [3.63, 3.8) is 0 Å². The Kier molecular flexibility index (Phi) is 8.28. The number of nitrogens with one attached hydrogen (secondary N) is 2. The Labute approximate surface area is 191 Å². The van der Waals surface area contributed by atoms with Gasteiger partial charge in [-0.15, -0.1) is 0 Å². The van der Waals surface area contributed by atoms with E-state index in [1.165, 1.54) is 18.9 Å². The number of aryl methyl sites for hydroxylation is 1. The lowest BCUT2D eigenvalue weighted by Gasteiger charge is -2.22. The molecule has 0 aliphatic heterocycles. The number of H-pyrrole nitrogens is 2. The van der Waals surface area contributed by atoms with E-state index in [-0.39, 0.29) is 66.5 Å². The normalized spacial score (nSPS) is 11.3. The van der Waals surface area contributed by atoms with E-state index in [0.717, 1.165) is 0 Å². The molecule has 176 valence electrons. The van der Waals surface area contributed by atoms with E-state index in [0.29, 0.717) is 22.4 Å². The Hall–Kier alpha value is -3.12. The monoisotopic (exact) mass is 479 g/mol. The molecule has 0 radical (unpaired) electrons. The molecule has 0 spiro atoms. The van der Waals surface area contributed by atoms with Crippen LogP contribution < -0.4 is 11.1 Å². The fraction of sp³-hybridized carbons (Fsp3) is 0.381. The first-order valence-corrected chi connectivity index (χ1v) is 11.0. The molecule has 0 atom stereocenters. The number of fused-ring (bicyclic) bond motifs is 1. The Morgan fingerprint density at radius 3 is 2.64 bits per heavy atom. The lowest BCUT2D eigenvalue weighted by atomic mass is 10.1. The molecule has 9 nitrogen and oxygen atoms in total. The number of halogens is 2. The third-order valence-corrected chi connectivity index (χ3v) is 5.51. The standard InChI is InChI=1S/C21H23F2N5O4S/c1-12-13(18(30)27-21(24-12)33-20(22)23)7-8-17(29)28(9-10-32-2)11-16-25-15-6-4-3-5-14(15)19(31)26-16/h3-6,20H,7-11H2,1-2H3,(H,24,27,30)(H,25,26,31). The summed E-state index contributed by atoms with van der Waals surface area (Å²) in [5, 5.41) is 0.280. The van der Waals surface area contributed by atoms with Crippen LogP contribution in [0.5, 0.6) is 0 Å². The van der Waals surface area contributed by atoms with Crippen LogP contribution in [0.25, 0.3) is 10.9 Å². The SMILES string of the molecule is COCCN(Cc1nc2ccccc2c(=O)[nH]1)C(=O)CCc1c(C)nc(SC(F)F)[nH]c1=O. The van der Waals surface area contributed by atoms with Gasteiger partial charge in [0, 0.05) is 31.3 Å². The second-order valence-corrected chi connectivity index (χ2v) is 8.13. The molecular weight excluding hydrogens is 456 g/mol. The van der Waals surface area contributed by atoms with Crippen LogP contribution >= 0.6 is 11.8 Å². The summed E-state index contributed by atoms with van der Waals surface area (Å²) in [6.07, 6.45) is 0.0617. The van der Waals surface area contributed by atoms with E-state index in [1.54, 1.807) is 24.3 Å². The van der Waals surface area contributed by atoms with E-state index in [2.05, 4.69) is 19.9 Å². The predicted octanol–water partition coefficient (Wildman–Crippen LogP) is 2.24. The molecule has 1 amide bonds. The van der Waals surface area contributed by atoms with Gasteiger partial charge in [0.2, 0.25) is 5.91 Å². The first-order chi connectivity index (χ1) is 15.8. The van der Waals surface area contributed by atoms with Crippen LogP contribution in [-0.2, 0) is 22.5 Å². The number of carbonyl (C=O) groups is 1. The smallest absolute Gasteiger partial charge is 0.291 e. The van der Waals surface area contributed by atoms with Gasteiger partial charge in [-0.25, -0.2) is 9.97 Å². The average Bonchev–Trinajstić information content (AvgIpc) is 2.75. The third kappa shape index (κ3) is 6.45. The quantitative estimate of drug-likeness (QED) is 0.338. The predicted molar refractivity (Wildman–Crippen MR) is 119 cm³/mol. The van der Waals surface area contributed by atoms with Crippen LogP contribution in [0.3, 0.4) is 0 Å². The van der Waals surface area contributed by atoms with Crippen molar-refractivity contribution in [3.05, 3.63) is 62.1 Å². The lowest BCUT2D eigenvalue weighted by molar-refractivity contribution is -0.132. The Morgan fingerprint density at radius 1 is 1.18 bits per heavy atom. The molecule has 33 heavy (non-hydrogen) atoms. The van der Waals surface area contributed by atoms with Crippen molar-refractivity contribution in [3.8, 4) is 0 Å². The van der Waals surface area contributed by atoms with E-state index in [1.807, 2.05) is 0 Å². The van der Waals surface area contributed by atoms with E-state index < -0.39 is 11.3 Å². The fourth-order valence-electron chi connectivity index (χ4n) is 3.29. The number of thioether (sulfide) groups is 1. The molecule has 2 N–H and O–H groups in total. The van der Waals surface area contributed by atoms with Gasteiger partial charge in [0.15, 0.2) is 5.16 Å². The fourth-order valence-corrected chi connectivity index (χ4v) is 3.80. The number of alkyl halides is 2. The van der Waals surface area contributed by atoms with Crippen LogP contribution in [0, 0.1) is 6.92 Å². The summed E-state index contributed by atoms with van der Waals surface area (Å²) in [4.78, 5) is 52.5. The zero-order valence-corrected chi connectivity index (χ0v) is 18.9. The van der Waals surface area contributed by atoms with Gasteiger partial charge in [-0.3, -0.25) is 14.4 Å². The molecule has 0 aliphatic carbocycles. The number of hydrogen-bond donors (Lipinski definition) is 2. The zero-order valence-electron chi connectivity index (χ0n) is 18.1. The second-order valence-electron chi connectivity index (χ2n) is 7.15. The number of benzene rings is 1. The maximum Gasteiger partial charge on any atom is 0.291 e. The second kappa shape index (κ2) is 11.1. The molecule has 0 fully saturated rings. The van der Waals surface area contributed by atoms with Crippen molar-refractivity contribution in [2.24, 2.45) is 0 Å². The Bertz CT molecular complexity index is 1250. The minimum absolute atomic E-state index is 0.0194. The summed E-state index contributed by atoms with van der Waals surface area (Å²) in [6.45, 7) is 2.12. The van der Waals surface area contributed by atoms with Gasteiger partial charge in [-0.05, 0) is 37.2 Å². The van der Waals surface area contributed by atoms with Crippen molar-refractivity contribution in [1.29, 1.82) is 0 Å². The molecule has 0 aliphatic rings. The van der Waals surface area contributed by atoms with Crippen LogP contribution in [0.2, 0.25) is 0 Å². The number of carbonyl (C=O) groups excluding carboxylic acids is 1. The summed E-state index contributed by atoms with van der Waals surface area (Å²) in [5.74, 6) is -2.66. The number of ether oxygens (including phenoxy) is 1. The van der Waals surface area contributed by atoms with Crippen LogP contribution in [-0.4, -0.2) is 56.8 Å². The van der Waals surface area contributed by atoms with Crippen molar-refractivity contribution in [2.75, 3.05) is 20.3 Å². The van der Waals surface area contributed by atoms with E-state index in [9.17, 15) is 23.2 Å². The van der Waals surface area contributed by atoms with Gasteiger partial charge in [-0.2, -0.15) is 8.78 Å². The highest BCUT2D eigenvalue weighted by atomic mass is 32.2. The Balaban J connectivity index is 1.75. The molecule has 12 heteroatoms.